The Bertz CT molecular complexity index is 437. The van der Waals surface area contributed by atoms with E-state index in [2.05, 4.69) is 10.6 Å². The minimum atomic E-state index is -0.708. The molecular formula is C15H22N2O4. The molecule has 0 aliphatic carbocycles. The number of urea groups is 1. The van der Waals surface area contributed by atoms with Crippen molar-refractivity contribution in [3.8, 4) is 0 Å². The Balaban J connectivity index is 2.50. The number of carbonyl (C=O) groups excluding carboxylic acids is 2. The first kappa shape index (κ1) is 17.0. The van der Waals surface area contributed by atoms with Crippen molar-refractivity contribution in [2.75, 3.05) is 27.4 Å². The highest BCUT2D eigenvalue weighted by Crippen LogP contribution is 2.04. The van der Waals surface area contributed by atoms with Gasteiger partial charge in [-0.25, -0.2) is 9.59 Å². The van der Waals surface area contributed by atoms with Gasteiger partial charge in [0.1, 0.15) is 6.04 Å². The molecule has 1 atom stereocenters. The zero-order valence-corrected chi connectivity index (χ0v) is 12.4. The molecule has 0 aliphatic rings. The van der Waals surface area contributed by atoms with Crippen LogP contribution < -0.4 is 10.6 Å². The number of methoxy groups -OCH3 is 2. The summed E-state index contributed by atoms with van der Waals surface area (Å²) in [5, 5.41) is 5.30. The van der Waals surface area contributed by atoms with Gasteiger partial charge in [0.2, 0.25) is 0 Å². The van der Waals surface area contributed by atoms with Crippen molar-refractivity contribution in [2.45, 2.75) is 18.9 Å². The summed E-state index contributed by atoms with van der Waals surface area (Å²) in [5.41, 5.74) is 0.951. The lowest BCUT2D eigenvalue weighted by atomic mass is 10.1. The highest BCUT2D eigenvalue weighted by molar-refractivity contribution is 5.83. The largest absolute Gasteiger partial charge is 0.467 e. The van der Waals surface area contributed by atoms with Crippen molar-refractivity contribution in [2.24, 2.45) is 0 Å². The maximum absolute atomic E-state index is 11.8. The first-order valence-corrected chi connectivity index (χ1v) is 6.82. The van der Waals surface area contributed by atoms with Crippen LogP contribution in [0.4, 0.5) is 4.79 Å². The van der Waals surface area contributed by atoms with E-state index in [1.807, 2.05) is 30.3 Å². The standard InChI is InChI=1S/C15H22N2O4/c1-20-10-6-9-16-15(19)17-13(14(18)21-2)11-12-7-4-3-5-8-12/h3-5,7-8,13H,6,9-11H2,1-2H3,(H2,16,17,19). The Morgan fingerprint density at radius 1 is 1.19 bits per heavy atom. The van der Waals surface area contributed by atoms with E-state index < -0.39 is 18.0 Å². The molecule has 0 saturated heterocycles. The number of hydrogen-bond acceptors (Lipinski definition) is 4. The van der Waals surface area contributed by atoms with E-state index in [1.165, 1.54) is 7.11 Å². The lowest BCUT2D eigenvalue weighted by Crippen LogP contribution is -2.47. The SMILES string of the molecule is COCCCNC(=O)NC(Cc1ccccc1)C(=O)OC. The lowest BCUT2D eigenvalue weighted by molar-refractivity contribution is -0.142. The van der Waals surface area contributed by atoms with Gasteiger partial charge in [-0.15, -0.1) is 0 Å². The Hall–Kier alpha value is -2.08. The molecule has 0 saturated carbocycles. The van der Waals surface area contributed by atoms with E-state index in [4.69, 9.17) is 9.47 Å². The molecule has 116 valence electrons. The summed E-state index contributed by atoms with van der Waals surface area (Å²) >= 11 is 0. The summed E-state index contributed by atoms with van der Waals surface area (Å²) in [6.07, 6.45) is 1.10. The number of carbonyl (C=O) groups is 2. The van der Waals surface area contributed by atoms with Gasteiger partial charge in [-0.05, 0) is 12.0 Å². The zero-order chi connectivity index (χ0) is 15.5. The van der Waals surface area contributed by atoms with Crippen LogP contribution in [-0.2, 0) is 20.7 Å². The van der Waals surface area contributed by atoms with Gasteiger partial charge in [-0.1, -0.05) is 30.3 Å². The molecule has 6 heteroatoms. The second-order valence-electron chi connectivity index (χ2n) is 4.51. The van der Waals surface area contributed by atoms with Crippen LogP contribution >= 0.6 is 0 Å². The molecule has 2 N–H and O–H groups in total. The monoisotopic (exact) mass is 294 g/mol. The van der Waals surface area contributed by atoms with Crippen molar-refractivity contribution < 1.29 is 19.1 Å². The van der Waals surface area contributed by atoms with Crippen molar-refractivity contribution in [1.82, 2.24) is 10.6 Å². The number of esters is 1. The second kappa shape index (κ2) is 9.77. The molecule has 1 aromatic rings. The highest BCUT2D eigenvalue weighted by atomic mass is 16.5. The smallest absolute Gasteiger partial charge is 0.328 e. The summed E-state index contributed by atoms with van der Waals surface area (Å²) < 4.78 is 9.62. The van der Waals surface area contributed by atoms with Crippen molar-refractivity contribution in [3.63, 3.8) is 0 Å². The van der Waals surface area contributed by atoms with Crippen LogP contribution in [0.5, 0.6) is 0 Å². The van der Waals surface area contributed by atoms with Crippen LogP contribution in [0.1, 0.15) is 12.0 Å². The molecule has 2 amide bonds. The molecule has 0 aliphatic heterocycles. The topological polar surface area (TPSA) is 76.7 Å². The molecule has 0 bridgehead atoms. The van der Waals surface area contributed by atoms with Crippen molar-refractivity contribution >= 4 is 12.0 Å². The Labute approximate surface area is 124 Å². The minimum absolute atomic E-state index is 0.388. The van der Waals surface area contributed by atoms with Gasteiger partial charge >= 0.3 is 12.0 Å². The predicted molar refractivity (Wildman–Crippen MR) is 79.0 cm³/mol. The number of benzene rings is 1. The van der Waals surface area contributed by atoms with Gasteiger partial charge in [0.25, 0.3) is 0 Å². The average Bonchev–Trinajstić information content (AvgIpc) is 2.51. The summed E-state index contributed by atoms with van der Waals surface area (Å²) in [5.74, 6) is -0.467. The van der Waals surface area contributed by atoms with E-state index >= 15 is 0 Å². The van der Waals surface area contributed by atoms with Crippen LogP contribution in [0.15, 0.2) is 30.3 Å². The third-order valence-electron chi connectivity index (χ3n) is 2.88. The molecule has 0 fully saturated rings. The van der Waals surface area contributed by atoms with Gasteiger partial charge in [-0.2, -0.15) is 0 Å². The van der Waals surface area contributed by atoms with Gasteiger partial charge in [0, 0.05) is 26.7 Å². The van der Waals surface area contributed by atoms with Crippen molar-refractivity contribution in [3.05, 3.63) is 35.9 Å². The van der Waals surface area contributed by atoms with E-state index in [9.17, 15) is 9.59 Å². The van der Waals surface area contributed by atoms with Gasteiger partial charge < -0.3 is 20.1 Å². The number of hydrogen-bond donors (Lipinski definition) is 2. The fraction of sp³-hybridized carbons (Fsp3) is 0.467. The maximum atomic E-state index is 11.8. The second-order valence-corrected chi connectivity index (χ2v) is 4.51. The van der Waals surface area contributed by atoms with Crippen LogP contribution in [0.25, 0.3) is 0 Å². The third kappa shape index (κ3) is 6.76. The molecule has 0 aromatic heterocycles. The van der Waals surface area contributed by atoms with E-state index in [-0.39, 0.29) is 0 Å². The van der Waals surface area contributed by atoms with Crippen LogP contribution in [0.3, 0.4) is 0 Å². The first-order valence-electron chi connectivity index (χ1n) is 6.82. The molecular weight excluding hydrogens is 272 g/mol. The van der Waals surface area contributed by atoms with E-state index in [1.54, 1.807) is 7.11 Å². The Morgan fingerprint density at radius 2 is 1.90 bits per heavy atom. The normalized spacial score (nSPS) is 11.5. The number of ether oxygens (including phenoxy) is 2. The molecule has 0 heterocycles. The van der Waals surface area contributed by atoms with E-state index in [0.29, 0.717) is 26.0 Å². The van der Waals surface area contributed by atoms with E-state index in [0.717, 1.165) is 5.56 Å². The Morgan fingerprint density at radius 3 is 2.52 bits per heavy atom. The maximum Gasteiger partial charge on any atom is 0.328 e. The van der Waals surface area contributed by atoms with Gasteiger partial charge in [0.15, 0.2) is 0 Å². The number of amides is 2. The predicted octanol–water partition coefficient (Wildman–Crippen LogP) is 1.11. The quantitative estimate of drug-likeness (QED) is 0.556. The fourth-order valence-electron chi connectivity index (χ4n) is 1.81. The summed E-state index contributed by atoms with van der Waals surface area (Å²) in [7, 11) is 2.91. The molecule has 21 heavy (non-hydrogen) atoms. The molecule has 1 rings (SSSR count). The summed E-state index contributed by atoms with van der Waals surface area (Å²) in [6, 6.07) is 8.36. The summed E-state index contributed by atoms with van der Waals surface area (Å²) in [6.45, 7) is 1.06. The van der Waals surface area contributed by atoms with Gasteiger partial charge in [-0.3, -0.25) is 0 Å². The van der Waals surface area contributed by atoms with Gasteiger partial charge in [0.05, 0.1) is 7.11 Å². The van der Waals surface area contributed by atoms with Crippen LogP contribution in [-0.4, -0.2) is 45.4 Å². The van der Waals surface area contributed by atoms with Crippen LogP contribution in [0.2, 0.25) is 0 Å². The average molecular weight is 294 g/mol. The molecule has 0 radical (unpaired) electrons. The number of rotatable bonds is 8. The molecule has 6 nitrogen and oxygen atoms in total. The number of nitrogens with one attached hydrogen (secondary N) is 2. The fourth-order valence-corrected chi connectivity index (χ4v) is 1.81. The third-order valence-corrected chi connectivity index (χ3v) is 2.88. The molecule has 1 unspecified atom stereocenters. The van der Waals surface area contributed by atoms with Crippen molar-refractivity contribution in [1.29, 1.82) is 0 Å². The molecule has 1 aromatic carbocycles. The van der Waals surface area contributed by atoms with Crippen LogP contribution in [0, 0.1) is 0 Å². The zero-order valence-electron chi connectivity index (χ0n) is 12.4. The first-order chi connectivity index (χ1) is 10.2. The minimum Gasteiger partial charge on any atom is -0.467 e. The highest BCUT2D eigenvalue weighted by Gasteiger charge is 2.21. The summed E-state index contributed by atoms with van der Waals surface area (Å²) in [4.78, 5) is 23.5. The lowest BCUT2D eigenvalue weighted by Gasteiger charge is -2.17. The Kier molecular flexibility index (Phi) is 7.89. The molecule has 0 spiro atoms.